The van der Waals surface area contributed by atoms with Crippen molar-refractivity contribution in [3.63, 3.8) is 0 Å². The highest BCUT2D eigenvalue weighted by atomic mass is 79.9. The van der Waals surface area contributed by atoms with Gasteiger partial charge in [0.1, 0.15) is 0 Å². The molecule has 16 heavy (non-hydrogen) atoms. The number of halogens is 1. The minimum Gasteiger partial charge on any atom is -0.371 e. The lowest BCUT2D eigenvalue weighted by molar-refractivity contribution is 0.112. The summed E-state index contributed by atoms with van der Waals surface area (Å²) in [5.74, 6) is 0. The Bertz CT molecular complexity index is 426. The molecule has 1 aromatic rings. The highest BCUT2D eigenvalue weighted by molar-refractivity contribution is 9.10. The van der Waals surface area contributed by atoms with Crippen molar-refractivity contribution in [3.8, 4) is 6.07 Å². The summed E-state index contributed by atoms with van der Waals surface area (Å²) in [6, 6.07) is 7.83. The largest absolute Gasteiger partial charge is 0.371 e. The van der Waals surface area contributed by atoms with Gasteiger partial charge in [0.25, 0.3) is 0 Å². The smallest absolute Gasteiger partial charge is 0.151 e. The second-order valence-corrected chi connectivity index (χ2v) is 4.50. The molecule has 0 aliphatic heterocycles. The molecule has 1 unspecified atom stereocenters. The predicted octanol–water partition coefficient (Wildman–Crippen LogP) is 3.00. The molecule has 0 fully saturated rings. The van der Waals surface area contributed by atoms with E-state index in [1.165, 1.54) is 0 Å². The van der Waals surface area contributed by atoms with Crippen LogP contribution in [0.2, 0.25) is 0 Å². The van der Waals surface area contributed by atoms with Crippen LogP contribution in [0.25, 0.3) is 0 Å². The number of anilines is 1. The third-order valence-corrected chi connectivity index (χ3v) is 3.25. The maximum Gasteiger partial charge on any atom is 0.151 e. The van der Waals surface area contributed by atoms with Gasteiger partial charge in [-0.15, -0.1) is 0 Å². The van der Waals surface area contributed by atoms with Gasteiger partial charge in [-0.25, -0.2) is 0 Å². The van der Waals surface area contributed by atoms with Crippen LogP contribution < -0.4 is 4.90 Å². The summed E-state index contributed by atoms with van der Waals surface area (Å²) in [6.07, 6.45) is 1.29. The first-order valence-corrected chi connectivity index (χ1v) is 5.74. The molecular formula is C12H13BrN2O. The number of aldehydes is 1. The van der Waals surface area contributed by atoms with E-state index in [1.54, 1.807) is 6.07 Å². The lowest BCUT2D eigenvalue weighted by atomic mass is 10.1. The summed E-state index contributed by atoms with van der Waals surface area (Å²) in [6.45, 7) is 1.99. The standard InChI is InChI=1S/C12H13BrN2O/c1-9(5-6-14)15(2)11-4-3-10(8-16)12(13)7-11/h3-4,7-9H,5H2,1-2H3. The molecule has 4 heteroatoms. The van der Waals surface area contributed by atoms with Crippen molar-refractivity contribution in [1.82, 2.24) is 0 Å². The Balaban J connectivity index is 2.93. The molecule has 3 nitrogen and oxygen atoms in total. The lowest BCUT2D eigenvalue weighted by Gasteiger charge is -2.25. The number of hydrogen-bond donors (Lipinski definition) is 0. The molecule has 0 aromatic heterocycles. The second kappa shape index (κ2) is 5.66. The van der Waals surface area contributed by atoms with Crippen molar-refractivity contribution in [2.24, 2.45) is 0 Å². The van der Waals surface area contributed by atoms with Crippen LogP contribution in [0.1, 0.15) is 23.7 Å². The van der Waals surface area contributed by atoms with Crippen molar-refractivity contribution in [2.75, 3.05) is 11.9 Å². The van der Waals surface area contributed by atoms with Crippen LogP contribution in [0.3, 0.4) is 0 Å². The molecule has 0 radical (unpaired) electrons. The maximum absolute atomic E-state index is 10.7. The van der Waals surface area contributed by atoms with Gasteiger partial charge in [-0.3, -0.25) is 4.79 Å². The molecule has 0 saturated heterocycles. The van der Waals surface area contributed by atoms with Crippen LogP contribution >= 0.6 is 15.9 Å². The fraction of sp³-hybridized carbons (Fsp3) is 0.333. The summed E-state index contributed by atoms with van der Waals surface area (Å²) in [7, 11) is 1.93. The van der Waals surface area contributed by atoms with Crippen molar-refractivity contribution in [1.29, 1.82) is 5.26 Å². The summed E-state index contributed by atoms with van der Waals surface area (Å²) >= 11 is 3.34. The number of benzene rings is 1. The van der Waals surface area contributed by atoms with Crippen LogP contribution in [0.4, 0.5) is 5.69 Å². The predicted molar refractivity (Wildman–Crippen MR) is 67.6 cm³/mol. The quantitative estimate of drug-likeness (QED) is 0.797. The highest BCUT2D eigenvalue weighted by Crippen LogP contribution is 2.24. The van der Waals surface area contributed by atoms with Gasteiger partial charge >= 0.3 is 0 Å². The molecule has 84 valence electrons. The van der Waals surface area contributed by atoms with Crippen molar-refractivity contribution in [2.45, 2.75) is 19.4 Å². The molecule has 0 spiro atoms. The number of carbonyl (C=O) groups is 1. The minimum absolute atomic E-state index is 0.152. The Morgan fingerprint density at radius 2 is 2.31 bits per heavy atom. The van der Waals surface area contributed by atoms with Crippen LogP contribution in [0.5, 0.6) is 0 Å². The van der Waals surface area contributed by atoms with Gasteiger partial charge in [0.15, 0.2) is 6.29 Å². The third kappa shape index (κ3) is 2.83. The molecule has 1 aromatic carbocycles. The van der Waals surface area contributed by atoms with Crippen LogP contribution in [-0.4, -0.2) is 19.4 Å². The van der Waals surface area contributed by atoms with Gasteiger partial charge in [0.05, 0.1) is 12.5 Å². The summed E-state index contributed by atoms with van der Waals surface area (Å²) in [4.78, 5) is 12.7. The summed E-state index contributed by atoms with van der Waals surface area (Å²) in [5, 5.41) is 8.64. The Morgan fingerprint density at radius 3 is 2.81 bits per heavy atom. The van der Waals surface area contributed by atoms with E-state index >= 15 is 0 Å². The van der Waals surface area contributed by atoms with E-state index in [0.29, 0.717) is 12.0 Å². The zero-order valence-corrected chi connectivity index (χ0v) is 10.9. The van der Waals surface area contributed by atoms with Gasteiger partial charge in [-0.05, 0) is 41.1 Å². The van der Waals surface area contributed by atoms with E-state index in [-0.39, 0.29) is 6.04 Å². The maximum atomic E-state index is 10.7. The zero-order chi connectivity index (χ0) is 12.1. The Kier molecular flexibility index (Phi) is 4.51. The fourth-order valence-corrected chi connectivity index (χ4v) is 1.81. The molecule has 1 rings (SSSR count). The first-order valence-electron chi connectivity index (χ1n) is 4.94. The number of rotatable bonds is 4. The second-order valence-electron chi connectivity index (χ2n) is 3.65. The molecule has 0 bridgehead atoms. The molecule has 1 atom stereocenters. The average Bonchev–Trinajstić information content (AvgIpc) is 2.28. The van der Waals surface area contributed by atoms with Gasteiger partial charge in [-0.1, -0.05) is 0 Å². The average molecular weight is 281 g/mol. The number of hydrogen-bond acceptors (Lipinski definition) is 3. The minimum atomic E-state index is 0.152. The first kappa shape index (κ1) is 12.7. The van der Waals surface area contributed by atoms with E-state index in [2.05, 4.69) is 22.0 Å². The number of nitriles is 1. The zero-order valence-electron chi connectivity index (χ0n) is 9.27. The molecular weight excluding hydrogens is 268 g/mol. The van der Waals surface area contributed by atoms with Gasteiger partial charge in [-0.2, -0.15) is 5.26 Å². The number of nitrogens with zero attached hydrogens (tertiary/aromatic N) is 2. The van der Waals surface area contributed by atoms with Gasteiger partial charge in [0, 0.05) is 28.8 Å². The molecule has 0 aliphatic carbocycles. The molecule has 0 aliphatic rings. The monoisotopic (exact) mass is 280 g/mol. The van der Waals surface area contributed by atoms with Crippen LogP contribution in [0.15, 0.2) is 22.7 Å². The van der Waals surface area contributed by atoms with Crippen molar-refractivity contribution < 1.29 is 4.79 Å². The molecule has 0 saturated carbocycles. The van der Waals surface area contributed by atoms with Crippen molar-refractivity contribution >= 4 is 27.9 Å². The fourth-order valence-electron chi connectivity index (χ4n) is 1.35. The normalized spacial score (nSPS) is 11.6. The molecule has 0 heterocycles. The van der Waals surface area contributed by atoms with E-state index in [0.717, 1.165) is 16.4 Å². The Morgan fingerprint density at radius 1 is 1.62 bits per heavy atom. The van der Waals surface area contributed by atoms with E-state index < -0.39 is 0 Å². The van der Waals surface area contributed by atoms with Crippen LogP contribution in [0, 0.1) is 11.3 Å². The molecule has 0 amide bonds. The lowest BCUT2D eigenvalue weighted by Crippen LogP contribution is -2.28. The van der Waals surface area contributed by atoms with E-state index in [1.807, 2.05) is 31.0 Å². The van der Waals surface area contributed by atoms with E-state index in [4.69, 9.17) is 5.26 Å². The van der Waals surface area contributed by atoms with E-state index in [9.17, 15) is 4.79 Å². The summed E-state index contributed by atoms with van der Waals surface area (Å²) < 4.78 is 0.774. The topological polar surface area (TPSA) is 44.1 Å². The summed E-state index contributed by atoms with van der Waals surface area (Å²) in [5.41, 5.74) is 1.62. The van der Waals surface area contributed by atoms with Gasteiger partial charge < -0.3 is 4.90 Å². The first-order chi connectivity index (χ1) is 7.60. The number of carbonyl (C=O) groups excluding carboxylic acids is 1. The van der Waals surface area contributed by atoms with Crippen molar-refractivity contribution in [3.05, 3.63) is 28.2 Å². The van der Waals surface area contributed by atoms with Crippen LogP contribution in [-0.2, 0) is 0 Å². The molecule has 0 N–H and O–H groups in total. The Labute approximate surface area is 104 Å². The highest BCUT2D eigenvalue weighted by Gasteiger charge is 2.10. The SMILES string of the molecule is CC(CC#N)N(C)c1ccc(C=O)c(Br)c1. The third-order valence-electron chi connectivity index (χ3n) is 2.57. The van der Waals surface area contributed by atoms with Gasteiger partial charge in [0.2, 0.25) is 0 Å². The Hall–Kier alpha value is -1.34.